The number of halogens is 2. The molecule has 4 aromatic rings. The van der Waals surface area contributed by atoms with Crippen molar-refractivity contribution in [3.63, 3.8) is 0 Å². The maximum Gasteiger partial charge on any atom is 0.262 e. The predicted molar refractivity (Wildman–Crippen MR) is 117 cm³/mol. The average molecular weight is 444 g/mol. The lowest BCUT2D eigenvalue weighted by Gasteiger charge is -2.11. The summed E-state index contributed by atoms with van der Waals surface area (Å²) < 4.78 is 44.3. The number of benzene rings is 3. The number of rotatable bonds is 5. The van der Waals surface area contributed by atoms with Crippen LogP contribution >= 0.6 is 11.6 Å². The molecule has 154 valence electrons. The van der Waals surface area contributed by atoms with Crippen molar-refractivity contribution in [2.24, 2.45) is 0 Å². The minimum Gasteiger partial charge on any atom is -0.276 e. The Labute approximate surface area is 179 Å². The molecule has 0 radical (unpaired) electrons. The molecule has 5 nitrogen and oxygen atoms in total. The molecule has 0 saturated heterocycles. The van der Waals surface area contributed by atoms with Crippen molar-refractivity contribution in [2.45, 2.75) is 25.3 Å². The lowest BCUT2D eigenvalue weighted by Crippen LogP contribution is -2.14. The first kappa shape index (κ1) is 20.4. The number of sulfonamides is 1. The van der Waals surface area contributed by atoms with Crippen LogP contribution in [0.5, 0.6) is 0 Å². The van der Waals surface area contributed by atoms with Gasteiger partial charge in [0.15, 0.2) is 0 Å². The first-order valence-corrected chi connectivity index (χ1v) is 11.1. The highest BCUT2D eigenvalue weighted by molar-refractivity contribution is 7.92. The number of nitrogens with zero attached hydrogens (tertiary/aromatic N) is 2. The summed E-state index contributed by atoms with van der Waals surface area (Å²) in [7, 11) is -3.83. The summed E-state index contributed by atoms with van der Waals surface area (Å²) in [4.78, 5) is 0.157. The molecule has 1 aromatic heterocycles. The zero-order chi connectivity index (χ0) is 21.5. The van der Waals surface area contributed by atoms with Gasteiger partial charge in [0.1, 0.15) is 5.82 Å². The number of anilines is 1. The minimum atomic E-state index is -3.83. The van der Waals surface area contributed by atoms with E-state index in [0.717, 1.165) is 10.8 Å². The Morgan fingerprint density at radius 2 is 1.77 bits per heavy atom. The molecular formula is C22H19ClFN3O2S. The van der Waals surface area contributed by atoms with E-state index in [1.165, 1.54) is 16.8 Å². The van der Waals surface area contributed by atoms with Gasteiger partial charge in [0.25, 0.3) is 10.0 Å². The normalized spacial score (nSPS) is 11.7. The Kier molecular flexibility index (Phi) is 5.26. The summed E-state index contributed by atoms with van der Waals surface area (Å²) in [6, 6.07) is 17.0. The molecule has 3 aromatic carbocycles. The van der Waals surface area contributed by atoms with Gasteiger partial charge in [-0.2, -0.15) is 5.10 Å². The average Bonchev–Trinajstić information content (AvgIpc) is 2.97. The Hall–Kier alpha value is -2.90. The van der Waals surface area contributed by atoms with Gasteiger partial charge in [0.2, 0.25) is 0 Å². The molecular weight excluding hydrogens is 425 g/mol. The van der Waals surface area contributed by atoms with Crippen LogP contribution in [0.4, 0.5) is 10.1 Å². The van der Waals surface area contributed by atoms with E-state index in [2.05, 4.69) is 9.82 Å². The second kappa shape index (κ2) is 7.74. The molecule has 0 amide bonds. The maximum absolute atomic E-state index is 14.2. The van der Waals surface area contributed by atoms with Crippen LogP contribution in [0.15, 0.2) is 65.6 Å². The highest BCUT2D eigenvalue weighted by Gasteiger charge is 2.21. The van der Waals surface area contributed by atoms with Crippen LogP contribution in [0.2, 0.25) is 5.02 Å². The van der Waals surface area contributed by atoms with E-state index < -0.39 is 15.8 Å². The molecule has 8 heteroatoms. The first-order valence-electron chi connectivity index (χ1n) is 9.25. The van der Waals surface area contributed by atoms with Crippen LogP contribution in [0.3, 0.4) is 0 Å². The number of fused-ring (bicyclic) bond motifs is 1. The number of aryl methyl sites for hydroxylation is 1. The van der Waals surface area contributed by atoms with E-state index in [9.17, 15) is 12.8 Å². The largest absolute Gasteiger partial charge is 0.276 e. The second-order valence-corrected chi connectivity index (χ2v) is 9.11. The molecule has 0 saturated carbocycles. The summed E-state index contributed by atoms with van der Waals surface area (Å²) >= 11 is 6.12. The molecule has 0 aliphatic heterocycles. The SMILES string of the molecule is Cc1nn(Cc2c(F)cccc2Cl)c(C)c1NS(=O)(=O)c1ccc2ccccc2c1. The summed E-state index contributed by atoms with van der Waals surface area (Å²) in [5.74, 6) is -0.437. The lowest BCUT2D eigenvalue weighted by atomic mass is 10.1. The van der Waals surface area contributed by atoms with Crippen molar-refractivity contribution in [3.05, 3.63) is 88.5 Å². The van der Waals surface area contributed by atoms with Gasteiger partial charge in [-0.1, -0.05) is 48.0 Å². The molecule has 0 bridgehead atoms. The van der Waals surface area contributed by atoms with Crippen molar-refractivity contribution in [3.8, 4) is 0 Å². The second-order valence-electron chi connectivity index (χ2n) is 7.02. The van der Waals surface area contributed by atoms with Crippen LogP contribution in [-0.2, 0) is 16.6 Å². The number of nitrogens with one attached hydrogen (secondary N) is 1. The van der Waals surface area contributed by atoms with Crippen LogP contribution in [-0.4, -0.2) is 18.2 Å². The molecule has 0 aliphatic carbocycles. The van der Waals surface area contributed by atoms with E-state index >= 15 is 0 Å². The molecule has 0 aliphatic rings. The highest BCUT2D eigenvalue weighted by atomic mass is 35.5. The number of hydrogen-bond donors (Lipinski definition) is 1. The zero-order valence-electron chi connectivity index (χ0n) is 16.4. The van der Waals surface area contributed by atoms with Gasteiger partial charge in [0.05, 0.1) is 28.5 Å². The van der Waals surface area contributed by atoms with E-state index in [0.29, 0.717) is 27.7 Å². The van der Waals surface area contributed by atoms with E-state index in [-0.39, 0.29) is 11.4 Å². The van der Waals surface area contributed by atoms with Gasteiger partial charge >= 0.3 is 0 Å². The predicted octanol–water partition coefficient (Wildman–Crippen LogP) is 5.29. The summed E-state index contributed by atoms with van der Waals surface area (Å²) in [5.41, 5.74) is 1.73. The molecule has 4 rings (SSSR count). The van der Waals surface area contributed by atoms with Gasteiger partial charge in [0, 0.05) is 10.6 Å². The van der Waals surface area contributed by atoms with Crippen LogP contribution in [0.1, 0.15) is 17.0 Å². The lowest BCUT2D eigenvalue weighted by molar-refractivity contribution is 0.579. The fourth-order valence-electron chi connectivity index (χ4n) is 3.36. The number of hydrogen-bond acceptors (Lipinski definition) is 3. The Morgan fingerprint density at radius 3 is 2.50 bits per heavy atom. The summed E-state index contributed by atoms with van der Waals surface area (Å²) in [6.07, 6.45) is 0. The molecule has 30 heavy (non-hydrogen) atoms. The Balaban J connectivity index is 1.67. The van der Waals surface area contributed by atoms with Crippen molar-refractivity contribution < 1.29 is 12.8 Å². The van der Waals surface area contributed by atoms with E-state index in [1.807, 2.05) is 24.3 Å². The van der Waals surface area contributed by atoms with Gasteiger partial charge in [-0.15, -0.1) is 0 Å². The fraction of sp³-hybridized carbons (Fsp3) is 0.136. The third-order valence-corrected chi connectivity index (χ3v) is 6.72. The maximum atomic E-state index is 14.2. The smallest absolute Gasteiger partial charge is 0.262 e. The van der Waals surface area contributed by atoms with Crippen molar-refractivity contribution in [1.82, 2.24) is 9.78 Å². The Morgan fingerprint density at radius 1 is 1.03 bits per heavy atom. The highest BCUT2D eigenvalue weighted by Crippen LogP contribution is 2.27. The van der Waals surface area contributed by atoms with E-state index in [4.69, 9.17) is 11.6 Å². The molecule has 1 heterocycles. The zero-order valence-corrected chi connectivity index (χ0v) is 17.9. The van der Waals surface area contributed by atoms with Crippen molar-refractivity contribution >= 4 is 38.1 Å². The van der Waals surface area contributed by atoms with Crippen LogP contribution in [0.25, 0.3) is 10.8 Å². The summed E-state index contributed by atoms with van der Waals surface area (Å²) in [5, 5.41) is 6.46. The fourth-order valence-corrected chi connectivity index (χ4v) is 4.79. The van der Waals surface area contributed by atoms with Crippen molar-refractivity contribution in [1.29, 1.82) is 0 Å². The monoisotopic (exact) mass is 443 g/mol. The first-order chi connectivity index (χ1) is 14.3. The molecule has 0 atom stereocenters. The third kappa shape index (κ3) is 3.78. The van der Waals surface area contributed by atoms with Crippen LogP contribution in [0, 0.1) is 19.7 Å². The standard InChI is InChI=1S/C22H19ClFN3O2S/c1-14-22(15(2)27(25-14)13-19-20(23)8-5-9-21(19)24)26-30(28,29)18-11-10-16-6-3-4-7-17(16)12-18/h3-12,26H,13H2,1-2H3. The van der Waals surface area contributed by atoms with Crippen molar-refractivity contribution in [2.75, 3.05) is 4.72 Å². The molecule has 0 unspecified atom stereocenters. The van der Waals surface area contributed by atoms with Gasteiger partial charge in [-0.25, -0.2) is 12.8 Å². The van der Waals surface area contributed by atoms with Gasteiger partial charge in [-0.3, -0.25) is 9.40 Å². The third-order valence-electron chi connectivity index (χ3n) is 5.02. The molecule has 0 spiro atoms. The molecule has 0 fully saturated rings. The Bertz CT molecular complexity index is 1350. The van der Waals surface area contributed by atoms with Crippen LogP contribution < -0.4 is 4.72 Å². The minimum absolute atomic E-state index is 0.0931. The molecule has 1 N–H and O–H groups in total. The van der Waals surface area contributed by atoms with Gasteiger partial charge < -0.3 is 0 Å². The topological polar surface area (TPSA) is 64.0 Å². The number of aromatic nitrogens is 2. The van der Waals surface area contributed by atoms with E-state index in [1.54, 1.807) is 38.1 Å². The quantitative estimate of drug-likeness (QED) is 0.455. The van der Waals surface area contributed by atoms with Gasteiger partial charge in [-0.05, 0) is 48.9 Å². The summed E-state index contributed by atoms with van der Waals surface area (Å²) in [6.45, 7) is 3.52.